The number of imidazole rings is 1. The Morgan fingerprint density at radius 1 is 1.38 bits per heavy atom. The number of carboxylic acids is 1. The number of anilines is 1. The number of rotatable bonds is 5. The summed E-state index contributed by atoms with van der Waals surface area (Å²) in [6, 6.07) is 3.81. The van der Waals surface area contributed by atoms with Crippen molar-refractivity contribution in [1.29, 1.82) is 0 Å². The van der Waals surface area contributed by atoms with Gasteiger partial charge in [-0.05, 0) is 18.2 Å². The molecular formula is C13H13ClN4O3. The van der Waals surface area contributed by atoms with Crippen molar-refractivity contribution in [3.8, 4) is 0 Å². The lowest BCUT2D eigenvalue weighted by Crippen LogP contribution is -2.31. The molecule has 0 fully saturated rings. The number of hydrogen-bond donors (Lipinski definition) is 3. The zero-order valence-electron chi connectivity index (χ0n) is 10.9. The molecule has 2 rings (SSSR count). The van der Waals surface area contributed by atoms with Crippen LogP contribution in [-0.2, 0) is 6.54 Å². The van der Waals surface area contributed by atoms with E-state index in [-0.39, 0.29) is 10.6 Å². The van der Waals surface area contributed by atoms with E-state index in [2.05, 4.69) is 15.6 Å². The number of halogens is 1. The summed E-state index contributed by atoms with van der Waals surface area (Å²) >= 11 is 5.82. The van der Waals surface area contributed by atoms with E-state index in [1.54, 1.807) is 18.7 Å². The third-order valence-corrected chi connectivity index (χ3v) is 2.98. The molecule has 21 heavy (non-hydrogen) atoms. The smallest absolute Gasteiger partial charge is 0.337 e. The number of nitrogens with one attached hydrogen (secondary N) is 2. The van der Waals surface area contributed by atoms with Gasteiger partial charge in [0.05, 0.1) is 16.9 Å². The molecule has 0 saturated carbocycles. The van der Waals surface area contributed by atoms with Crippen molar-refractivity contribution < 1.29 is 14.7 Å². The summed E-state index contributed by atoms with van der Waals surface area (Å²) in [6.07, 6.45) is 5.11. The standard InChI is InChI=1S/C13H13ClN4O3/c14-11-7-9(1-2-10(11)12(19)20)17-13(21)16-4-6-18-5-3-15-8-18/h1-3,5,7-8H,4,6H2,(H,19,20)(H2,16,17,21). The van der Waals surface area contributed by atoms with Gasteiger partial charge in [-0.25, -0.2) is 14.6 Å². The molecule has 0 bridgehead atoms. The van der Waals surface area contributed by atoms with Crippen molar-refractivity contribution in [1.82, 2.24) is 14.9 Å². The van der Waals surface area contributed by atoms with Crippen LogP contribution in [0.4, 0.5) is 10.5 Å². The van der Waals surface area contributed by atoms with Gasteiger partial charge in [-0.15, -0.1) is 0 Å². The highest BCUT2D eigenvalue weighted by atomic mass is 35.5. The lowest BCUT2D eigenvalue weighted by Gasteiger charge is -2.09. The minimum absolute atomic E-state index is 0.0114. The molecule has 110 valence electrons. The van der Waals surface area contributed by atoms with Crippen molar-refractivity contribution in [2.75, 3.05) is 11.9 Å². The average molecular weight is 309 g/mol. The third-order valence-electron chi connectivity index (χ3n) is 2.67. The summed E-state index contributed by atoms with van der Waals surface area (Å²) in [6.45, 7) is 1.04. The molecule has 0 aliphatic carbocycles. The van der Waals surface area contributed by atoms with E-state index < -0.39 is 12.0 Å². The van der Waals surface area contributed by atoms with Crippen LogP contribution < -0.4 is 10.6 Å². The number of nitrogens with zero attached hydrogens (tertiary/aromatic N) is 2. The highest BCUT2D eigenvalue weighted by Crippen LogP contribution is 2.20. The minimum atomic E-state index is -1.11. The van der Waals surface area contributed by atoms with Crippen LogP contribution in [-0.4, -0.2) is 33.2 Å². The number of carbonyl (C=O) groups is 2. The van der Waals surface area contributed by atoms with Gasteiger partial charge in [0.15, 0.2) is 0 Å². The van der Waals surface area contributed by atoms with Crippen LogP contribution in [0.15, 0.2) is 36.9 Å². The fraction of sp³-hybridized carbons (Fsp3) is 0.154. The second kappa shape index (κ2) is 6.76. The Labute approximate surface area is 125 Å². The molecule has 0 saturated heterocycles. The van der Waals surface area contributed by atoms with Gasteiger partial charge in [0.2, 0.25) is 0 Å². The van der Waals surface area contributed by atoms with Gasteiger partial charge in [-0.2, -0.15) is 0 Å². The van der Waals surface area contributed by atoms with Crippen molar-refractivity contribution in [3.63, 3.8) is 0 Å². The number of aromatic nitrogens is 2. The van der Waals surface area contributed by atoms with E-state index in [9.17, 15) is 9.59 Å². The molecule has 0 atom stereocenters. The van der Waals surface area contributed by atoms with Crippen LogP contribution >= 0.6 is 11.6 Å². The first kappa shape index (κ1) is 14.9. The van der Waals surface area contributed by atoms with Gasteiger partial charge in [0.1, 0.15) is 0 Å². The maximum atomic E-state index is 11.7. The molecular weight excluding hydrogens is 296 g/mol. The first-order valence-corrected chi connectivity index (χ1v) is 6.47. The third kappa shape index (κ3) is 4.22. The second-order valence-electron chi connectivity index (χ2n) is 4.18. The highest BCUT2D eigenvalue weighted by Gasteiger charge is 2.10. The van der Waals surface area contributed by atoms with E-state index in [4.69, 9.17) is 16.7 Å². The average Bonchev–Trinajstić information content (AvgIpc) is 2.91. The predicted octanol–water partition coefficient (Wildman–Crippen LogP) is 2.06. The van der Waals surface area contributed by atoms with E-state index in [0.29, 0.717) is 18.8 Å². The Bertz CT molecular complexity index is 643. The fourth-order valence-corrected chi connectivity index (χ4v) is 1.92. The molecule has 1 aromatic heterocycles. The number of amides is 2. The molecule has 1 heterocycles. The van der Waals surface area contributed by atoms with Crippen LogP contribution in [0.5, 0.6) is 0 Å². The number of urea groups is 1. The zero-order valence-corrected chi connectivity index (χ0v) is 11.7. The Morgan fingerprint density at radius 3 is 2.81 bits per heavy atom. The SMILES string of the molecule is O=C(NCCn1ccnc1)Nc1ccc(C(=O)O)c(Cl)c1. The highest BCUT2D eigenvalue weighted by molar-refractivity contribution is 6.33. The molecule has 1 aromatic carbocycles. The van der Waals surface area contributed by atoms with Gasteiger partial charge >= 0.3 is 12.0 Å². The summed E-state index contributed by atoms with van der Waals surface area (Å²) in [7, 11) is 0. The van der Waals surface area contributed by atoms with Crippen molar-refractivity contribution >= 4 is 29.3 Å². The number of carbonyl (C=O) groups excluding carboxylic acids is 1. The molecule has 0 radical (unpaired) electrons. The molecule has 7 nitrogen and oxygen atoms in total. The monoisotopic (exact) mass is 308 g/mol. The number of benzene rings is 1. The van der Waals surface area contributed by atoms with Crippen molar-refractivity contribution in [2.45, 2.75) is 6.54 Å². The Morgan fingerprint density at radius 2 is 2.19 bits per heavy atom. The van der Waals surface area contributed by atoms with Gasteiger partial charge in [0.25, 0.3) is 0 Å². The largest absolute Gasteiger partial charge is 0.478 e. The predicted molar refractivity (Wildman–Crippen MR) is 77.7 cm³/mol. The molecule has 2 aromatic rings. The van der Waals surface area contributed by atoms with E-state index >= 15 is 0 Å². The first-order chi connectivity index (χ1) is 10.1. The summed E-state index contributed by atoms with van der Waals surface area (Å²) < 4.78 is 1.83. The molecule has 0 unspecified atom stereocenters. The van der Waals surface area contributed by atoms with Crippen molar-refractivity contribution in [3.05, 3.63) is 47.5 Å². The van der Waals surface area contributed by atoms with Crippen molar-refractivity contribution in [2.24, 2.45) is 0 Å². The van der Waals surface area contributed by atoms with E-state index in [1.807, 2.05) is 4.57 Å². The molecule has 3 N–H and O–H groups in total. The Kier molecular flexibility index (Phi) is 4.78. The quantitative estimate of drug-likeness (QED) is 0.787. The van der Waals surface area contributed by atoms with Gasteiger partial charge in [0, 0.05) is 31.2 Å². The molecule has 0 spiro atoms. The van der Waals surface area contributed by atoms with Gasteiger partial charge in [-0.3, -0.25) is 0 Å². The maximum absolute atomic E-state index is 11.7. The Hall–Kier alpha value is -2.54. The van der Waals surface area contributed by atoms with Crippen LogP contribution in [0.25, 0.3) is 0 Å². The fourth-order valence-electron chi connectivity index (χ4n) is 1.66. The molecule has 0 aliphatic heterocycles. The lowest BCUT2D eigenvalue weighted by molar-refractivity contribution is 0.0697. The van der Waals surface area contributed by atoms with Gasteiger partial charge in [-0.1, -0.05) is 11.6 Å². The number of aromatic carboxylic acids is 1. The summed E-state index contributed by atoms with van der Waals surface area (Å²) in [5, 5.41) is 14.2. The van der Waals surface area contributed by atoms with Crippen LogP contribution in [0.2, 0.25) is 5.02 Å². The van der Waals surface area contributed by atoms with Crippen LogP contribution in [0.3, 0.4) is 0 Å². The lowest BCUT2D eigenvalue weighted by atomic mass is 10.2. The summed E-state index contributed by atoms with van der Waals surface area (Å²) in [4.78, 5) is 26.4. The summed E-state index contributed by atoms with van der Waals surface area (Å²) in [5.74, 6) is -1.11. The second-order valence-corrected chi connectivity index (χ2v) is 4.59. The van der Waals surface area contributed by atoms with E-state index in [1.165, 1.54) is 18.2 Å². The molecule has 8 heteroatoms. The Balaban J connectivity index is 1.85. The maximum Gasteiger partial charge on any atom is 0.337 e. The first-order valence-electron chi connectivity index (χ1n) is 6.09. The van der Waals surface area contributed by atoms with Crippen LogP contribution in [0, 0.1) is 0 Å². The molecule has 2 amide bonds. The topological polar surface area (TPSA) is 96.3 Å². The van der Waals surface area contributed by atoms with Gasteiger partial charge < -0.3 is 20.3 Å². The normalized spacial score (nSPS) is 10.1. The van der Waals surface area contributed by atoms with E-state index in [0.717, 1.165) is 0 Å². The summed E-state index contributed by atoms with van der Waals surface area (Å²) in [5.41, 5.74) is 0.410. The molecule has 0 aliphatic rings. The minimum Gasteiger partial charge on any atom is -0.478 e. The zero-order chi connectivity index (χ0) is 15.2. The van der Waals surface area contributed by atoms with Crippen LogP contribution in [0.1, 0.15) is 10.4 Å². The number of carboxylic acid groups (broad SMARTS) is 1. The number of hydrogen-bond acceptors (Lipinski definition) is 3.